The highest BCUT2D eigenvalue weighted by molar-refractivity contribution is 5.95. The van der Waals surface area contributed by atoms with Gasteiger partial charge >= 0.3 is 12.1 Å². The van der Waals surface area contributed by atoms with Gasteiger partial charge in [0.1, 0.15) is 17.3 Å². The Morgan fingerprint density at radius 1 is 1.20 bits per heavy atom. The van der Waals surface area contributed by atoms with Crippen molar-refractivity contribution in [3.8, 4) is 0 Å². The predicted octanol–water partition coefficient (Wildman–Crippen LogP) is 1.09. The monoisotopic (exact) mass is 286 g/mol. The van der Waals surface area contributed by atoms with Gasteiger partial charge in [0.25, 0.3) is 0 Å². The molecule has 0 aliphatic carbocycles. The number of hydrogen-bond donors (Lipinski definition) is 2. The van der Waals surface area contributed by atoms with Crippen LogP contribution in [0.15, 0.2) is 11.8 Å². The average molecular weight is 286 g/mol. The lowest BCUT2D eigenvalue weighted by Crippen LogP contribution is -2.46. The van der Waals surface area contributed by atoms with Crippen molar-refractivity contribution >= 4 is 18.0 Å². The Bertz CT molecular complexity index is 409. The molecule has 0 aromatic heterocycles. The smallest absolute Gasteiger partial charge is 0.408 e. The van der Waals surface area contributed by atoms with Gasteiger partial charge in [-0.05, 0) is 34.6 Å². The zero-order valence-electron chi connectivity index (χ0n) is 12.7. The number of hydrogen-bond acceptors (Lipinski definition) is 5. The summed E-state index contributed by atoms with van der Waals surface area (Å²) < 4.78 is 9.52. The number of alkyl carbamates (subject to hydrolysis) is 1. The molecular weight excluding hydrogens is 264 g/mol. The molecule has 0 aromatic carbocycles. The number of ether oxygens (including phenoxy) is 2. The van der Waals surface area contributed by atoms with Crippen molar-refractivity contribution in [1.29, 1.82) is 0 Å². The van der Waals surface area contributed by atoms with E-state index in [1.807, 2.05) is 0 Å². The summed E-state index contributed by atoms with van der Waals surface area (Å²) in [6.45, 7) is 8.20. The molecule has 0 aliphatic rings. The number of nitrogens with one attached hydrogen (secondary N) is 2. The van der Waals surface area contributed by atoms with Gasteiger partial charge in [0, 0.05) is 0 Å². The quantitative estimate of drug-likeness (QED) is 0.596. The highest BCUT2D eigenvalue weighted by Crippen LogP contribution is 2.06. The summed E-state index contributed by atoms with van der Waals surface area (Å²) in [5, 5.41) is 4.73. The zero-order chi connectivity index (χ0) is 15.9. The fourth-order valence-electron chi connectivity index (χ4n) is 1.14. The van der Waals surface area contributed by atoms with Crippen LogP contribution in [0.1, 0.15) is 34.6 Å². The van der Waals surface area contributed by atoms with Gasteiger partial charge in [-0.2, -0.15) is 0 Å². The van der Waals surface area contributed by atoms with Crippen LogP contribution >= 0.6 is 0 Å². The van der Waals surface area contributed by atoms with Crippen molar-refractivity contribution in [2.45, 2.75) is 46.3 Å². The molecule has 1 atom stereocenters. The maximum absolute atomic E-state index is 11.8. The Balaban J connectivity index is 4.49. The maximum atomic E-state index is 11.8. The first-order chi connectivity index (χ1) is 9.10. The second kappa shape index (κ2) is 7.52. The van der Waals surface area contributed by atoms with Crippen molar-refractivity contribution in [3.63, 3.8) is 0 Å². The van der Waals surface area contributed by atoms with Gasteiger partial charge in [0.05, 0.1) is 7.11 Å². The lowest BCUT2D eigenvalue weighted by Gasteiger charge is -2.21. The summed E-state index contributed by atoms with van der Waals surface area (Å²) >= 11 is 0. The Morgan fingerprint density at radius 3 is 2.15 bits per heavy atom. The molecule has 7 nitrogen and oxygen atoms in total. The summed E-state index contributed by atoms with van der Waals surface area (Å²) in [6.07, 6.45) is 0.699. The molecule has 20 heavy (non-hydrogen) atoms. The van der Waals surface area contributed by atoms with Gasteiger partial charge in [-0.3, -0.25) is 4.79 Å². The fraction of sp³-hybridized carbons (Fsp3) is 0.615. The van der Waals surface area contributed by atoms with Gasteiger partial charge in [-0.15, -0.1) is 0 Å². The van der Waals surface area contributed by atoms with Crippen molar-refractivity contribution in [1.82, 2.24) is 10.6 Å². The van der Waals surface area contributed by atoms with Crippen LogP contribution in [0.2, 0.25) is 0 Å². The third-order valence-corrected chi connectivity index (χ3v) is 2.08. The van der Waals surface area contributed by atoms with Crippen LogP contribution in [0.3, 0.4) is 0 Å². The number of carbonyl (C=O) groups excluding carboxylic acids is 3. The predicted molar refractivity (Wildman–Crippen MR) is 72.7 cm³/mol. The summed E-state index contributed by atoms with van der Waals surface area (Å²) in [6, 6.07) is -0.857. The van der Waals surface area contributed by atoms with E-state index >= 15 is 0 Å². The van der Waals surface area contributed by atoms with Gasteiger partial charge in [0.2, 0.25) is 5.91 Å². The summed E-state index contributed by atoms with van der Waals surface area (Å²) in [5.74, 6) is -1.21. The van der Waals surface area contributed by atoms with Crippen LogP contribution in [0, 0.1) is 0 Å². The summed E-state index contributed by atoms with van der Waals surface area (Å²) in [4.78, 5) is 34.6. The van der Waals surface area contributed by atoms with Crippen LogP contribution in [0.4, 0.5) is 4.79 Å². The third-order valence-electron chi connectivity index (χ3n) is 2.08. The van der Waals surface area contributed by atoms with Crippen molar-refractivity contribution in [2.24, 2.45) is 0 Å². The van der Waals surface area contributed by atoms with Crippen LogP contribution < -0.4 is 10.6 Å². The van der Waals surface area contributed by atoms with E-state index in [0.717, 1.165) is 0 Å². The van der Waals surface area contributed by atoms with E-state index < -0.39 is 29.6 Å². The molecule has 0 aliphatic heterocycles. The van der Waals surface area contributed by atoms with E-state index in [4.69, 9.17) is 4.74 Å². The lowest BCUT2D eigenvalue weighted by molar-refractivity contribution is -0.138. The van der Waals surface area contributed by atoms with Crippen molar-refractivity contribution in [3.05, 3.63) is 11.8 Å². The number of rotatable bonds is 4. The molecule has 0 fully saturated rings. The molecule has 2 N–H and O–H groups in total. The lowest BCUT2D eigenvalue weighted by atomic mass is 10.2. The highest BCUT2D eigenvalue weighted by atomic mass is 16.6. The van der Waals surface area contributed by atoms with Crippen LogP contribution in [-0.2, 0) is 19.1 Å². The van der Waals surface area contributed by atoms with E-state index in [9.17, 15) is 14.4 Å². The Morgan fingerprint density at radius 2 is 1.75 bits per heavy atom. The van der Waals surface area contributed by atoms with E-state index in [1.54, 1.807) is 27.7 Å². The van der Waals surface area contributed by atoms with Gasteiger partial charge < -0.3 is 20.1 Å². The third kappa shape index (κ3) is 6.77. The maximum Gasteiger partial charge on any atom is 0.408 e. The normalized spacial score (nSPS) is 13.2. The first-order valence-corrected chi connectivity index (χ1v) is 6.15. The van der Waals surface area contributed by atoms with Gasteiger partial charge in [-0.1, -0.05) is 6.08 Å². The first-order valence-electron chi connectivity index (χ1n) is 6.15. The van der Waals surface area contributed by atoms with Gasteiger partial charge in [0.15, 0.2) is 0 Å². The molecule has 7 heteroatoms. The second-order valence-corrected chi connectivity index (χ2v) is 5.05. The van der Waals surface area contributed by atoms with Crippen LogP contribution in [0.25, 0.3) is 0 Å². The number of amides is 2. The number of esters is 1. The van der Waals surface area contributed by atoms with E-state index in [1.165, 1.54) is 20.1 Å². The number of carbonyl (C=O) groups is 3. The summed E-state index contributed by atoms with van der Waals surface area (Å²) in [5.41, 5.74) is -0.642. The molecule has 0 radical (unpaired) electrons. The van der Waals surface area contributed by atoms with Crippen LogP contribution in [0.5, 0.6) is 0 Å². The molecular formula is C13H22N2O5. The van der Waals surface area contributed by atoms with Crippen LogP contribution in [-0.4, -0.2) is 36.7 Å². The van der Waals surface area contributed by atoms with Gasteiger partial charge in [-0.25, -0.2) is 9.59 Å². The molecule has 114 valence electrons. The SMILES string of the molecule is C/C=C(/NC(=O)[C@H](C)NC(=O)OC(C)(C)C)C(=O)OC. The second-order valence-electron chi connectivity index (χ2n) is 5.05. The average Bonchev–Trinajstić information content (AvgIpc) is 2.31. The molecule has 0 bridgehead atoms. The standard InChI is InChI=1S/C13H22N2O5/c1-7-9(11(17)19-6)15-10(16)8(2)14-12(18)20-13(3,4)5/h7-8H,1-6H3,(H,14,18)(H,15,16)/b9-7+/t8-/m0/s1. The van der Waals surface area contributed by atoms with E-state index in [0.29, 0.717) is 0 Å². The highest BCUT2D eigenvalue weighted by Gasteiger charge is 2.22. The molecule has 0 saturated heterocycles. The number of allylic oxidation sites excluding steroid dienone is 1. The Labute approximate surface area is 118 Å². The van der Waals surface area contributed by atoms with Crippen molar-refractivity contribution < 1.29 is 23.9 Å². The molecule has 0 heterocycles. The number of methoxy groups -OCH3 is 1. The largest absolute Gasteiger partial charge is 0.464 e. The summed E-state index contributed by atoms with van der Waals surface area (Å²) in [7, 11) is 1.21. The minimum atomic E-state index is -0.857. The topological polar surface area (TPSA) is 93.7 Å². The molecule has 0 spiro atoms. The first kappa shape index (κ1) is 17.9. The molecule has 0 saturated carbocycles. The Hall–Kier alpha value is -2.05. The fourth-order valence-corrected chi connectivity index (χ4v) is 1.14. The van der Waals surface area contributed by atoms with E-state index in [2.05, 4.69) is 15.4 Å². The van der Waals surface area contributed by atoms with Crippen molar-refractivity contribution in [2.75, 3.05) is 7.11 Å². The minimum absolute atomic E-state index is 0.00957. The molecule has 0 aromatic rings. The molecule has 2 amide bonds. The molecule has 0 unspecified atom stereocenters. The zero-order valence-corrected chi connectivity index (χ0v) is 12.7. The van der Waals surface area contributed by atoms with E-state index in [-0.39, 0.29) is 5.70 Å². The Kier molecular flexibility index (Phi) is 6.75. The molecule has 0 rings (SSSR count). The minimum Gasteiger partial charge on any atom is -0.464 e.